The zero-order chi connectivity index (χ0) is 12.8. The van der Waals surface area contributed by atoms with Gasteiger partial charge in [0.25, 0.3) is 0 Å². The van der Waals surface area contributed by atoms with E-state index in [1.807, 2.05) is 0 Å². The molecule has 0 spiro atoms. The van der Waals surface area contributed by atoms with E-state index in [2.05, 4.69) is 20.7 Å². The minimum absolute atomic E-state index is 0.343. The van der Waals surface area contributed by atoms with E-state index in [1.165, 1.54) is 19.0 Å². The number of anilines is 2. The summed E-state index contributed by atoms with van der Waals surface area (Å²) in [6, 6.07) is 0. The highest BCUT2D eigenvalue weighted by Gasteiger charge is 2.13. The van der Waals surface area contributed by atoms with Crippen molar-refractivity contribution >= 4 is 23.4 Å². The van der Waals surface area contributed by atoms with Crippen LogP contribution >= 0.6 is 11.6 Å². The van der Waals surface area contributed by atoms with E-state index in [1.54, 1.807) is 0 Å². The van der Waals surface area contributed by atoms with Gasteiger partial charge in [0.15, 0.2) is 5.82 Å². The summed E-state index contributed by atoms with van der Waals surface area (Å²) in [5, 5.41) is 3.66. The molecule has 7 heteroatoms. The number of nitrogen functional groups attached to an aromatic ring is 1. The molecule has 1 aromatic rings. The number of hydrogen-bond donors (Lipinski definition) is 3. The molecule has 2 heterocycles. The van der Waals surface area contributed by atoms with E-state index in [4.69, 9.17) is 22.2 Å². The molecule has 6 nitrogen and oxygen atoms in total. The number of halogens is 1. The molecular formula is C11H18ClN5O. The summed E-state index contributed by atoms with van der Waals surface area (Å²) in [7, 11) is 0. The van der Waals surface area contributed by atoms with Crippen LogP contribution < -0.4 is 16.6 Å². The van der Waals surface area contributed by atoms with E-state index in [0.717, 1.165) is 26.0 Å². The van der Waals surface area contributed by atoms with Crippen molar-refractivity contribution in [3.8, 4) is 0 Å². The smallest absolute Gasteiger partial charge is 0.239 e. The minimum atomic E-state index is 0.343. The van der Waals surface area contributed by atoms with Crippen molar-refractivity contribution in [1.29, 1.82) is 0 Å². The highest BCUT2D eigenvalue weighted by Crippen LogP contribution is 2.20. The Kier molecular flexibility index (Phi) is 4.98. The Balaban J connectivity index is 1.81. The first-order valence-electron chi connectivity index (χ1n) is 6.14. The molecule has 0 amide bonds. The van der Waals surface area contributed by atoms with Crippen LogP contribution in [0.2, 0.25) is 5.02 Å². The van der Waals surface area contributed by atoms with Crippen molar-refractivity contribution in [2.24, 2.45) is 5.84 Å². The second kappa shape index (κ2) is 6.72. The van der Waals surface area contributed by atoms with Crippen molar-refractivity contribution in [3.05, 3.63) is 11.2 Å². The van der Waals surface area contributed by atoms with E-state index < -0.39 is 0 Å². The van der Waals surface area contributed by atoms with Crippen LogP contribution in [0.3, 0.4) is 0 Å². The zero-order valence-electron chi connectivity index (χ0n) is 10.2. The second-order valence-corrected chi connectivity index (χ2v) is 4.65. The molecule has 1 atom stereocenters. The quantitative estimate of drug-likeness (QED) is 0.559. The van der Waals surface area contributed by atoms with Gasteiger partial charge in [-0.25, -0.2) is 10.8 Å². The predicted octanol–water partition coefficient (Wildman–Crippen LogP) is 1.79. The van der Waals surface area contributed by atoms with Gasteiger partial charge in [0.05, 0.1) is 12.3 Å². The van der Waals surface area contributed by atoms with Crippen LogP contribution in [0.4, 0.5) is 11.8 Å². The summed E-state index contributed by atoms with van der Waals surface area (Å²) in [6.07, 6.45) is 6.37. The molecule has 2 rings (SSSR count). The number of nitrogens with zero attached hydrogens (tertiary/aromatic N) is 2. The van der Waals surface area contributed by atoms with Crippen LogP contribution in [-0.2, 0) is 4.74 Å². The summed E-state index contributed by atoms with van der Waals surface area (Å²) < 4.78 is 5.65. The monoisotopic (exact) mass is 271 g/mol. The third kappa shape index (κ3) is 3.69. The predicted molar refractivity (Wildman–Crippen MR) is 71.5 cm³/mol. The Morgan fingerprint density at radius 2 is 2.39 bits per heavy atom. The zero-order valence-corrected chi connectivity index (χ0v) is 10.9. The molecule has 1 aliphatic rings. The fraction of sp³-hybridized carbons (Fsp3) is 0.636. The van der Waals surface area contributed by atoms with Crippen LogP contribution in [0.15, 0.2) is 6.20 Å². The molecule has 0 aliphatic carbocycles. The summed E-state index contributed by atoms with van der Waals surface area (Å²) in [4.78, 5) is 8.05. The molecule has 4 N–H and O–H groups in total. The van der Waals surface area contributed by atoms with Crippen LogP contribution in [0, 0.1) is 0 Å². The van der Waals surface area contributed by atoms with Crippen LogP contribution in [-0.4, -0.2) is 29.2 Å². The van der Waals surface area contributed by atoms with Crippen LogP contribution in [0.5, 0.6) is 0 Å². The maximum Gasteiger partial charge on any atom is 0.239 e. The number of hydrazine groups is 1. The molecule has 0 aromatic carbocycles. The molecule has 1 aromatic heterocycles. The average molecular weight is 272 g/mol. The van der Waals surface area contributed by atoms with Gasteiger partial charge >= 0.3 is 0 Å². The standard InChI is InChI=1S/C11H18ClN5O/c12-9-7-15-11(17-13)16-10(9)14-5-4-8-3-1-2-6-18-8/h7-8H,1-6,13H2,(H2,14,15,16,17). The number of nitrogens with one attached hydrogen (secondary N) is 2. The Labute approximate surface area is 111 Å². The summed E-state index contributed by atoms with van der Waals surface area (Å²) >= 11 is 5.99. The Bertz CT molecular complexity index is 384. The average Bonchev–Trinajstić information content (AvgIpc) is 2.42. The first kappa shape index (κ1) is 13.3. The first-order chi connectivity index (χ1) is 8.79. The van der Waals surface area contributed by atoms with Gasteiger partial charge in [0.1, 0.15) is 5.02 Å². The highest BCUT2D eigenvalue weighted by molar-refractivity contribution is 6.32. The Morgan fingerprint density at radius 3 is 3.11 bits per heavy atom. The maximum atomic E-state index is 5.99. The SMILES string of the molecule is NNc1ncc(Cl)c(NCCC2CCCCO2)n1. The lowest BCUT2D eigenvalue weighted by atomic mass is 10.1. The van der Waals surface area contributed by atoms with Gasteiger partial charge in [0, 0.05) is 13.2 Å². The molecule has 0 saturated carbocycles. The highest BCUT2D eigenvalue weighted by atomic mass is 35.5. The van der Waals surface area contributed by atoms with Gasteiger partial charge < -0.3 is 10.1 Å². The molecule has 100 valence electrons. The summed E-state index contributed by atoms with van der Waals surface area (Å²) in [6.45, 7) is 1.64. The number of rotatable bonds is 5. The Hall–Kier alpha value is -1.11. The van der Waals surface area contributed by atoms with Crippen molar-refractivity contribution in [1.82, 2.24) is 9.97 Å². The van der Waals surface area contributed by atoms with Crippen molar-refractivity contribution in [3.63, 3.8) is 0 Å². The number of nitrogens with two attached hydrogens (primary N) is 1. The summed E-state index contributed by atoms with van der Waals surface area (Å²) in [5.74, 6) is 6.18. The third-order valence-electron chi connectivity index (χ3n) is 2.91. The molecular weight excluding hydrogens is 254 g/mol. The molecule has 1 fully saturated rings. The fourth-order valence-electron chi connectivity index (χ4n) is 1.95. The van der Waals surface area contributed by atoms with Gasteiger partial charge in [-0.15, -0.1) is 0 Å². The third-order valence-corrected chi connectivity index (χ3v) is 3.18. The first-order valence-corrected chi connectivity index (χ1v) is 6.52. The fourth-order valence-corrected chi connectivity index (χ4v) is 2.11. The normalized spacial score (nSPS) is 19.6. The number of ether oxygens (including phenoxy) is 1. The molecule has 1 saturated heterocycles. The minimum Gasteiger partial charge on any atom is -0.378 e. The lowest BCUT2D eigenvalue weighted by molar-refractivity contribution is 0.0134. The Morgan fingerprint density at radius 1 is 1.50 bits per heavy atom. The van der Waals surface area contributed by atoms with Crippen LogP contribution in [0.1, 0.15) is 25.7 Å². The molecule has 0 radical (unpaired) electrons. The molecule has 18 heavy (non-hydrogen) atoms. The number of aromatic nitrogens is 2. The van der Waals surface area contributed by atoms with Crippen molar-refractivity contribution in [2.75, 3.05) is 23.9 Å². The maximum absolute atomic E-state index is 5.99. The molecule has 0 bridgehead atoms. The van der Waals surface area contributed by atoms with Crippen molar-refractivity contribution in [2.45, 2.75) is 31.8 Å². The van der Waals surface area contributed by atoms with Gasteiger partial charge in [-0.2, -0.15) is 4.98 Å². The second-order valence-electron chi connectivity index (χ2n) is 4.24. The van der Waals surface area contributed by atoms with E-state index in [0.29, 0.717) is 22.9 Å². The van der Waals surface area contributed by atoms with Crippen molar-refractivity contribution < 1.29 is 4.74 Å². The largest absolute Gasteiger partial charge is 0.378 e. The van der Waals surface area contributed by atoms with E-state index in [9.17, 15) is 0 Å². The molecule has 1 aliphatic heterocycles. The summed E-state index contributed by atoms with van der Waals surface area (Å²) in [5.41, 5.74) is 2.39. The van der Waals surface area contributed by atoms with Gasteiger partial charge in [-0.3, -0.25) is 5.43 Å². The van der Waals surface area contributed by atoms with Gasteiger partial charge in [-0.1, -0.05) is 11.6 Å². The van der Waals surface area contributed by atoms with Gasteiger partial charge in [-0.05, 0) is 25.7 Å². The molecule has 1 unspecified atom stereocenters. The van der Waals surface area contributed by atoms with E-state index in [-0.39, 0.29) is 0 Å². The lowest BCUT2D eigenvalue weighted by Gasteiger charge is -2.22. The van der Waals surface area contributed by atoms with E-state index >= 15 is 0 Å². The lowest BCUT2D eigenvalue weighted by Crippen LogP contribution is -2.22. The van der Waals surface area contributed by atoms with Crippen LogP contribution in [0.25, 0.3) is 0 Å². The van der Waals surface area contributed by atoms with Gasteiger partial charge in [0.2, 0.25) is 5.95 Å². The number of hydrogen-bond acceptors (Lipinski definition) is 6. The topological polar surface area (TPSA) is 85.1 Å².